The molecule has 0 aliphatic rings. The lowest BCUT2D eigenvalue weighted by Gasteiger charge is -2.31. The summed E-state index contributed by atoms with van der Waals surface area (Å²) in [5.41, 5.74) is 2.98. The Morgan fingerprint density at radius 1 is 1.09 bits per heavy atom. The number of carbonyl (C=O) groups is 2. The van der Waals surface area contributed by atoms with Gasteiger partial charge in [0.05, 0.1) is 11.9 Å². The van der Waals surface area contributed by atoms with E-state index in [4.69, 9.17) is 11.6 Å². The molecular formula is C23H30ClN3O4S. The maximum atomic E-state index is 13.4. The molecule has 0 bridgehead atoms. The quantitative estimate of drug-likeness (QED) is 0.598. The van der Waals surface area contributed by atoms with Crippen LogP contribution in [-0.4, -0.2) is 50.5 Å². The van der Waals surface area contributed by atoms with Crippen LogP contribution in [0.4, 0.5) is 5.69 Å². The van der Waals surface area contributed by atoms with E-state index in [2.05, 4.69) is 5.32 Å². The van der Waals surface area contributed by atoms with Crippen LogP contribution < -0.4 is 9.62 Å². The highest BCUT2D eigenvalue weighted by molar-refractivity contribution is 7.92. The fourth-order valence-corrected chi connectivity index (χ4v) is 4.25. The number of rotatable bonds is 9. The molecule has 174 valence electrons. The van der Waals surface area contributed by atoms with Gasteiger partial charge in [-0.05, 0) is 62.6 Å². The van der Waals surface area contributed by atoms with Crippen LogP contribution in [0.5, 0.6) is 0 Å². The van der Waals surface area contributed by atoms with Crippen molar-refractivity contribution in [2.45, 2.75) is 40.3 Å². The van der Waals surface area contributed by atoms with Gasteiger partial charge in [-0.3, -0.25) is 13.9 Å². The summed E-state index contributed by atoms with van der Waals surface area (Å²) in [7, 11) is -3.75. The zero-order valence-electron chi connectivity index (χ0n) is 19.1. The topological polar surface area (TPSA) is 86.8 Å². The molecule has 0 spiro atoms. The Morgan fingerprint density at radius 3 is 2.31 bits per heavy atom. The molecule has 0 aliphatic carbocycles. The molecule has 0 saturated carbocycles. The molecule has 0 aromatic heterocycles. The number of aryl methyl sites for hydroxylation is 2. The van der Waals surface area contributed by atoms with E-state index in [9.17, 15) is 18.0 Å². The van der Waals surface area contributed by atoms with Crippen LogP contribution >= 0.6 is 11.6 Å². The first-order valence-electron chi connectivity index (χ1n) is 10.3. The van der Waals surface area contributed by atoms with Gasteiger partial charge in [-0.25, -0.2) is 8.42 Å². The van der Waals surface area contributed by atoms with Gasteiger partial charge < -0.3 is 10.2 Å². The molecule has 0 unspecified atom stereocenters. The van der Waals surface area contributed by atoms with Crippen LogP contribution in [0.15, 0.2) is 42.5 Å². The predicted octanol–water partition coefficient (Wildman–Crippen LogP) is 3.28. The smallest absolute Gasteiger partial charge is 0.244 e. The first-order valence-corrected chi connectivity index (χ1v) is 12.5. The molecule has 1 atom stereocenters. The number of benzene rings is 2. The maximum Gasteiger partial charge on any atom is 0.244 e. The highest BCUT2D eigenvalue weighted by Gasteiger charge is 2.30. The fourth-order valence-electron chi connectivity index (χ4n) is 3.21. The normalized spacial score (nSPS) is 12.2. The Kier molecular flexibility index (Phi) is 8.69. The molecule has 7 nitrogen and oxygen atoms in total. The van der Waals surface area contributed by atoms with E-state index >= 15 is 0 Å². The average Bonchev–Trinajstić information content (AvgIpc) is 2.72. The van der Waals surface area contributed by atoms with E-state index in [1.54, 1.807) is 50.2 Å². The second-order valence-electron chi connectivity index (χ2n) is 7.72. The van der Waals surface area contributed by atoms with Crippen molar-refractivity contribution in [3.63, 3.8) is 0 Å². The number of sulfonamides is 1. The Morgan fingerprint density at radius 2 is 1.75 bits per heavy atom. The van der Waals surface area contributed by atoms with Gasteiger partial charge in [-0.2, -0.15) is 0 Å². The van der Waals surface area contributed by atoms with Crippen molar-refractivity contribution in [3.05, 3.63) is 64.2 Å². The van der Waals surface area contributed by atoms with Gasteiger partial charge in [0.25, 0.3) is 0 Å². The number of hydrogen-bond acceptors (Lipinski definition) is 4. The number of halogens is 1. The highest BCUT2D eigenvalue weighted by Crippen LogP contribution is 2.23. The molecule has 2 aromatic rings. The number of anilines is 1. The van der Waals surface area contributed by atoms with Gasteiger partial charge in [-0.1, -0.05) is 35.9 Å². The Bertz CT molecular complexity index is 1090. The summed E-state index contributed by atoms with van der Waals surface area (Å²) in [4.78, 5) is 27.3. The second-order valence-corrected chi connectivity index (χ2v) is 10.0. The first kappa shape index (κ1) is 25.7. The lowest BCUT2D eigenvalue weighted by molar-refractivity contribution is -0.139. The minimum atomic E-state index is -3.75. The zero-order chi connectivity index (χ0) is 24.1. The van der Waals surface area contributed by atoms with E-state index in [0.717, 1.165) is 21.7 Å². The third-order valence-electron chi connectivity index (χ3n) is 5.27. The summed E-state index contributed by atoms with van der Waals surface area (Å²) in [5.74, 6) is -0.836. The molecular weight excluding hydrogens is 450 g/mol. The van der Waals surface area contributed by atoms with Gasteiger partial charge in [0.1, 0.15) is 12.6 Å². The lowest BCUT2D eigenvalue weighted by Crippen LogP contribution is -2.51. The standard InChI is InChI=1S/C23H30ClN3O4S/c1-6-25-23(29)18(4)26(14-19-9-7-8-10-21(19)24)22(28)15-27(32(5,30)31)20-12-11-16(2)17(3)13-20/h7-13,18H,6,14-15H2,1-5H3,(H,25,29)/t18-/m1/s1. The minimum Gasteiger partial charge on any atom is -0.355 e. The first-order chi connectivity index (χ1) is 15.0. The number of hydrogen-bond donors (Lipinski definition) is 1. The number of amides is 2. The van der Waals surface area contributed by atoms with E-state index in [0.29, 0.717) is 22.8 Å². The van der Waals surface area contributed by atoms with Crippen LogP contribution in [0.25, 0.3) is 0 Å². The van der Waals surface area contributed by atoms with Crippen molar-refractivity contribution in [1.29, 1.82) is 0 Å². The molecule has 32 heavy (non-hydrogen) atoms. The number of carbonyl (C=O) groups excluding carboxylic acids is 2. The largest absolute Gasteiger partial charge is 0.355 e. The molecule has 0 heterocycles. The van der Waals surface area contributed by atoms with Crippen LogP contribution in [0.3, 0.4) is 0 Å². The van der Waals surface area contributed by atoms with Gasteiger partial charge in [0, 0.05) is 18.1 Å². The van der Waals surface area contributed by atoms with E-state index in [1.165, 1.54) is 4.90 Å². The summed E-state index contributed by atoms with van der Waals surface area (Å²) in [6, 6.07) is 11.4. The van der Waals surface area contributed by atoms with Crippen LogP contribution in [0, 0.1) is 13.8 Å². The Labute approximate surface area is 195 Å². The molecule has 0 radical (unpaired) electrons. The molecule has 2 rings (SSSR count). The predicted molar refractivity (Wildman–Crippen MR) is 128 cm³/mol. The fraction of sp³-hybridized carbons (Fsp3) is 0.391. The van der Waals surface area contributed by atoms with Crippen molar-refractivity contribution in [3.8, 4) is 0 Å². The number of likely N-dealkylation sites (N-methyl/N-ethyl adjacent to an activating group) is 1. The SMILES string of the molecule is CCNC(=O)[C@@H](C)N(Cc1ccccc1Cl)C(=O)CN(c1ccc(C)c(C)c1)S(C)(=O)=O. The van der Waals surface area contributed by atoms with E-state index in [-0.39, 0.29) is 12.5 Å². The Hall–Kier alpha value is -2.58. The Balaban J connectivity index is 2.42. The molecule has 0 saturated heterocycles. The van der Waals surface area contributed by atoms with E-state index < -0.39 is 28.5 Å². The van der Waals surface area contributed by atoms with Crippen molar-refractivity contribution < 1.29 is 18.0 Å². The number of nitrogens with one attached hydrogen (secondary N) is 1. The molecule has 9 heteroatoms. The van der Waals surface area contributed by atoms with Crippen molar-refractivity contribution in [2.24, 2.45) is 0 Å². The monoisotopic (exact) mass is 479 g/mol. The van der Waals surface area contributed by atoms with Crippen LogP contribution in [0.1, 0.15) is 30.5 Å². The van der Waals surface area contributed by atoms with Gasteiger partial charge >= 0.3 is 0 Å². The lowest BCUT2D eigenvalue weighted by atomic mass is 10.1. The molecule has 0 fully saturated rings. The highest BCUT2D eigenvalue weighted by atomic mass is 35.5. The molecule has 0 aliphatic heterocycles. The second kappa shape index (κ2) is 10.8. The summed E-state index contributed by atoms with van der Waals surface area (Å²) < 4.78 is 26.2. The van der Waals surface area contributed by atoms with E-state index in [1.807, 2.05) is 19.9 Å². The molecule has 2 amide bonds. The summed E-state index contributed by atoms with van der Waals surface area (Å²) in [5, 5.41) is 3.17. The van der Waals surface area contributed by atoms with Crippen molar-refractivity contribution in [1.82, 2.24) is 10.2 Å². The summed E-state index contributed by atoms with van der Waals surface area (Å²) >= 11 is 6.28. The van der Waals surface area contributed by atoms with Gasteiger partial charge in [0.15, 0.2) is 0 Å². The van der Waals surface area contributed by atoms with Gasteiger partial charge in [0.2, 0.25) is 21.8 Å². The third kappa shape index (κ3) is 6.46. The van der Waals surface area contributed by atoms with Gasteiger partial charge in [-0.15, -0.1) is 0 Å². The maximum absolute atomic E-state index is 13.4. The molecule has 1 N–H and O–H groups in total. The van der Waals surface area contributed by atoms with Crippen molar-refractivity contribution in [2.75, 3.05) is 23.7 Å². The third-order valence-corrected chi connectivity index (χ3v) is 6.78. The zero-order valence-corrected chi connectivity index (χ0v) is 20.6. The van der Waals surface area contributed by atoms with Crippen molar-refractivity contribution >= 4 is 39.1 Å². The van der Waals surface area contributed by atoms with Crippen LogP contribution in [0.2, 0.25) is 5.02 Å². The van der Waals surface area contributed by atoms with Crippen LogP contribution in [-0.2, 0) is 26.2 Å². The average molecular weight is 480 g/mol. The summed E-state index contributed by atoms with van der Waals surface area (Å²) in [6.45, 7) is 7.25. The minimum absolute atomic E-state index is 0.0708. The molecule has 2 aromatic carbocycles. The number of nitrogens with zero attached hydrogens (tertiary/aromatic N) is 2. The summed E-state index contributed by atoms with van der Waals surface area (Å²) in [6.07, 6.45) is 1.06.